The number of anilines is 3. The molecule has 7 rings (SSSR count). The highest BCUT2D eigenvalue weighted by molar-refractivity contribution is 7.25. The minimum Gasteiger partial charge on any atom is -0.454 e. The molecule has 34 heavy (non-hydrogen) atoms. The third kappa shape index (κ3) is 3.02. The van der Waals surface area contributed by atoms with Gasteiger partial charge in [0.1, 0.15) is 5.58 Å². The van der Waals surface area contributed by atoms with E-state index in [2.05, 4.69) is 83.8 Å². The quantitative estimate of drug-likeness (QED) is 0.252. The predicted octanol–water partition coefficient (Wildman–Crippen LogP) is 10.1. The molecule has 162 valence electrons. The highest BCUT2D eigenvalue weighted by atomic mass is 35.5. The molecule has 7 aromatic rings. The Hall–Kier alpha value is -3.79. The Morgan fingerprint density at radius 2 is 1.41 bits per heavy atom. The van der Waals surface area contributed by atoms with Gasteiger partial charge >= 0.3 is 0 Å². The van der Waals surface area contributed by atoms with Gasteiger partial charge in [0.15, 0.2) is 5.58 Å². The molecule has 0 aliphatic rings. The lowest BCUT2D eigenvalue weighted by atomic mass is 10.1. The number of para-hydroxylation sites is 3. The number of benzene rings is 5. The Kier molecular flexibility index (Phi) is 4.41. The molecule has 0 bridgehead atoms. The number of hydrogen-bond acceptors (Lipinski definition) is 3. The molecular weight excluding hydrogens is 458 g/mol. The zero-order chi connectivity index (χ0) is 22.6. The van der Waals surface area contributed by atoms with Crippen LogP contribution in [0.1, 0.15) is 0 Å². The molecule has 4 heteroatoms. The van der Waals surface area contributed by atoms with Gasteiger partial charge in [0.05, 0.1) is 5.69 Å². The Morgan fingerprint density at radius 3 is 2.32 bits per heavy atom. The maximum absolute atomic E-state index is 6.41. The maximum Gasteiger partial charge on any atom is 0.159 e. The highest BCUT2D eigenvalue weighted by Crippen LogP contribution is 2.44. The second kappa shape index (κ2) is 7.63. The van der Waals surface area contributed by atoms with Gasteiger partial charge in [0, 0.05) is 47.3 Å². The number of fused-ring (bicyclic) bond motifs is 6. The van der Waals surface area contributed by atoms with E-state index in [4.69, 9.17) is 16.0 Å². The third-order valence-electron chi connectivity index (χ3n) is 6.31. The fourth-order valence-electron chi connectivity index (χ4n) is 4.79. The summed E-state index contributed by atoms with van der Waals surface area (Å²) in [6.45, 7) is 0. The van der Waals surface area contributed by atoms with E-state index in [0.717, 1.165) is 44.0 Å². The molecule has 2 aromatic heterocycles. The van der Waals surface area contributed by atoms with E-state index in [9.17, 15) is 0 Å². The van der Waals surface area contributed by atoms with Crippen LogP contribution >= 0.6 is 22.9 Å². The average molecular weight is 476 g/mol. The number of halogens is 1. The van der Waals surface area contributed by atoms with E-state index in [1.165, 1.54) is 20.2 Å². The second-order valence-electron chi connectivity index (χ2n) is 8.35. The molecule has 0 aliphatic carbocycles. The topological polar surface area (TPSA) is 16.4 Å². The molecule has 0 spiro atoms. The van der Waals surface area contributed by atoms with Crippen molar-refractivity contribution in [3.8, 4) is 0 Å². The molecule has 0 saturated carbocycles. The van der Waals surface area contributed by atoms with E-state index < -0.39 is 0 Å². The van der Waals surface area contributed by atoms with Gasteiger partial charge in [-0.1, -0.05) is 66.2 Å². The van der Waals surface area contributed by atoms with E-state index >= 15 is 0 Å². The summed E-state index contributed by atoms with van der Waals surface area (Å²) in [6, 6.07) is 37.8. The zero-order valence-corrected chi connectivity index (χ0v) is 19.6. The first kappa shape index (κ1) is 19.7. The first-order chi connectivity index (χ1) is 16.8. The van der Waals surface area contributed by atoms with Crippen LogP contribution in [0.4, 0.5) is 17.1 Å². The van der Waals surface area contributed by atoms with Crippen molar-refractivity contribution in [1.82, 2.24) is 0 Å². The smallest absolute Gasteiger partial charge is 0.159 e. The lowest BCUT2D eigenvalue weighted by molar-refractivity contribution is 0.669. The summed E-state index contributed by atoms with van der Waals surface area (Å²) in [6.07, 6.45) is 0. The molecule has 0 aliphatic heterocycles. The summed E-state index contributed by atoms with van der Waals surface area (Å²) in [4.78, 5) is 2.28. The van der Waals surface area contributed by atoms with Gasteiger partial charge in [-0.15, -0.1) is 11.3 Å². The van der Waals surface area contributed by atoms with E-state index in [-0.39, 0.29) is 0 Å². The van der Waals surface area contributed by atoms with Crippen molar-refractivity contribution < 1.29 is 4.42 Å². The summed E-state index contributed by atoms with van der Waals surface area (Å²) in [5.74, 6) is 0. The van der Waals surface area contributed by atoms with E-state index in [1.807, 2.05) is 30.3 Å². The lowest BCUT2D eigenvalue weighted by Crippen LogP contribution is -2.09. The van der Waals surface area contributed by atoms with Crippen LogP contribution in [0.5, 0.6) is 0 Å². The number of hydrogen-bond donors (Lipinski definition) is 0. The summed E-state index contributed by atoms with van der Waals surface area (Å²) in [5, 5.41) is 5.46. The molecule has 0 saturated heterocycles. The van der Waals surface area contributed by atoms with Crippen LogP contribution in [-0.2, 0) is 0 Å². The molecular formula is C30H18ClNOS. The fraction of sp³-hybridized carbons (Fsp3) is 0. The molecule has 0 N–H and O–H groups in total. The maximum atomic E-state index is 6.41. The van der Waals surface area contributed by atoms with Crippen LogP contribution in [0.25, 0.3) is 42.1 Å². The first-order valence-corrected chi connectivity index (χ1v) is 12.3. The normalized spacial score (nSPS) is 11.7. The number of nitrogens with zero attached hydrogens (tertiary/aromatic N) is 1. The Morgan fingerprint density at radius 1 is 0.588 bits per heavy atom. The van der Waals surface area contributed by atoms with Crippen molar-refractivity contribution in [1.29, 1.82) is 0 Å². The van der Waals surface area contributed by atoms with Gasteiger partial charge in [0.2, 0.25) is 0 Å². The molecule has 0 unspecified atom stereocenters. The molecule has 2 nitrogen and oxygen atoms in total. The summed E-state index contributed by atoms with van der Waals surface area (Å²) >= 11 is 8.04. The highest BCUT2D eigenvalue weighted by Gasteiger charge is 2.19. The molecule has 5 aromatic carbocycles. The van der Waals surface area contributed by atoms with Crippen molar-refractivity contribution in [2.45, 2.75) is 0 Å². The Labute approximate surface area is 205 Å². The van der Waals surface area contributed by atoms with Crippen molar-refractivity contribution in [2.75, 3.05) is 4.90 Å². The van der Waals surface area contributed by atoms with Crippen LogP contribution in [0.2, 0.25) is 5.02 Å². The number of furan rings is 1. The fourth-order valence-corrected chi connectivity index (χ4v) is 6.15. The monoisotopic (exact) mass is 475 g/mol. The van der Waals surface area contributed by atoms with Crippen molar-refractivity contribution in [2.24, 2.45) is 0 Å². The predicted molar refractivity (Wildman–Crippen MR) is 146 cm³/mol. The number of thiophene rings is 1. The van der Waals surface area contributed by atoms with Crippen LogP contribution in [0.15, 0.2) is 114 Å². The molecule has 0 fully saturated rings. The van der Waals surface area contributed by atoms with Crippen LogP contribution < -0.4 is 4.90 Å². The van der Waals surface area contributed by atoms with Gasteiger partial charge in [-0.25, -0.2) is 0 Å². The van der Waals surface area contributed by atoms with Gasteiger partial charge in [-0.2, -0.15) is 0 Å². The van der Waals surface area contributed by atoms with E-state index in [0.29, 0.717) is 0 Å². The van der Waals surface area contributed by atoms with Crippen LogP contribution in [0, 0.1) is 0 Å². The summed E-state index contributed by atoms with van der Waals surface area (Å²) in [5.41, 5.74) is 4.96. The average Bonchev–Trinajstić information content (AvgIpc) is 3.43. The third-order valence-corrected chi connectivity index (χ3v) is 7.68. The van der Waals surface area contributed by atoms with Crippen molar-refractivity contribution >= 4 is 82.1 Å². The van der Waals surface area contributed by atoms with Crippen molar-refractivity contribution in [3.05, 3.63) is 114 Å². The van der Waals surface area contributed by atoms with E-state index in [1.54, 1.807) is 11.3 Å². The SMILES string of the molecule is Clc1ccc2c(c1)sc1ccc(N(c3ccccc3)c3cccc4c3oc3ccccc34)cc12. The van der Waals surface area contributed by atoms with Gasteiger partial charge in [0.25, 0.3) is 0 Å². The molecule has 0 radical (unpaired) electrons. The summed E-state index contributed by atoms with van der Waals surface area (Å²) < 4.78 is 8.85. The minimum absolute atomic E-state index is 0.766. The van der Waals surface area contributed by atoms with Gasteiger partial charge in [-0.05, 0) is 54.6 Å². The summed E-state index contributed by atoms with van der Waals surface area (Å²) in [7, 11) is 0. The molecule has 0 amide bonds. The van der Waals surface area contributed by atoms with Crippen LogP contribution in [-0.4, -0.2) is 0 Å². The number of rotatable bonds is 3. The molecule has 2 heterocycles. The Bertz CT molecular complexity index is 1830. The molecule has 0 atom stereocenters. The first-order valence-electron chi connectivity index (χ1n) is 11.1. The zero-order valence-electron chi connectivity index (χ0n) is 18.0. The largest absolute Gasteiger partial charge is 0.454 e. The standard InChI is InChI=1S/C30H18ClNOS/c31-19-13-15-23-25-18-21(14-16-28(25)34-29(23)17-19)32(20-7-2-1-3-8-20)26-11-6-10-24-22-9-4-5-12-27(22)33-30(24)26/h1-18H. The van der Waals surface area contributed by atoms with Crippen molar-refractivity contribution in [3.63, 3.8) is 0 Å². The Balaban J connectivity index is 1.52. The van der Waals surface area contributed by atoms with Crippen LogP contribution in [0.3, 0.4) is 0 Å². The van der Waals surface area contributed by atoms with Gasteiger partial charge in [-0.3, -0.25) is 0 Å². The second-order valence-corrected chi connectivity index (χ2v) is 9.87. The lowest BCUT2D eigenvalue weighted by Gasteiger charge is -2.25. The van der Waals surface area contributed by atoms with Gasteiger partial charge < -0.3 is 9.32 Å². The minimum atomic E-state index is 0.766.